The lowest BCUT2D eigenvalue weighted by molar-refractivity contribution is -0.138. The fourth-order valence-corrected chi connectivity index (χ4v) is 4.80. The van der Waals surface area contributed by atoms with Gasteiger partial charge in [0.15, 0.2) is 9.84 Å². The van der Waals surface area contributed by atoms with E-state index in [9.17, 15) is 18.0 Å². The summed E-state index contributed by atoms with van der Waals surface area (Å²) in [5.41, 5.74) is 0. The van der Waals surface area contributed by atoms with E-state index in [0.29, 0.717) is 13.0 Å². The number of hydrogen-bond acceptors (Lipinski definition) is 4. The fraction of sp³-hybridized carbons (Fsp3) is 0.846. The summed E-state index contributed by atoms with van der Waals surface area (Å²) < 4.78 is 23.2. The van der Waals surface area contributed by atoms with Crippen molar-refractivity contribution in [1.29, 1.82) is 0 Å². The van der Waals surface area contributed by atoms with Crippen molar-refractivity contribution in [1.82, 2.24) is 9.80 Å². The van der Waals surface area contributed by atoms with Gasteiger partial charge >= 0.3 is 12.0 Å². The first kappa shape index (κ1) is 16.1. The molecule has 2 atom stereocenters. The number of nitrogens with zero attached hydrogens (tertiary/aromatic N) is 2. The monoisotopic (exact) mass is 318 g/mol. The number of rotatable bonds is 3. The van der Waals surface area contributed by atoms with Crippen LogP contribution in [-0.2, 0) is 14.6 Å². The molecule has 7 nitrogen and oxygen atoms in total. The maximum atomic E-state index is 12.6. The van der Waals surface area contributed by atoms with Crippen LogP contribution in [0.4, 0.5) is 4.79 Å². The number of likely N-dealkylation sites (tertiary alicyclic amines) is 1. The van der Waals surface area contributed by atoms with Crippen LogP contribution in [0.2, 0.25) is 0 Å². The molecule has 2 aliphatic heterocycles. The number of sulfone groups is 1. The van der Waals surface area contributed by atoms with Gasteiger partial charge in [-0.05, 0) is 32.6 Å². The lowest BCUT2D eigenvalue weighted by atomic mass is 10.0. The summed E-state index contributed by atoms with van der Waals surface area (Å²) in [6.07, 6.45) is 3.18. The molecule has 2 rings (SSSR count). The van der Waals surface area contributed by atoms with E-state index in [1.807, 2.05) is 6.92 Å². The van der Waals surface area contributed by atoms with Crippen molar-refractivity contribution in [2.24, 2.45) is 0 Å². The standard InChI is InChI=1S/C13H22N2O5S/c1-10-4-2-3-6-14(10)13(18)15(8-12(16)17)11-5-7-21(19,20)9-11/h10-11H,2-9H2,1H3,(H,16,17). The highest BCUT2D eigenvalue weighted by molar-refractivity contribution is 7.91. The minimum Gasteiger partial charge on any atom is -0.480 e. The molecular weight excluding hydrogens is 296 g/mol. The Morgan fingerprint density at radius 1 is 1.29 bits per heavy atom. The molecule has 1 N–H and O–H groups in total. The zero-order valence-electron chi connectivity index (χ0n) is 12.2. The van der Waals surface area contributed by atoms with Crippen LogP contribution in [0.5, 0.6) is 0 Å². The fourth-order valence-electron chi connectivity index (χ4n) is 3.07. The Morgan fingerprint density at radius 2 is 2.00 bits per heavy atom. The lowest BCUT2D eigenvalue weighted by Crippen LogP contribution is -2.54. The summed E-state index contributed by atoms with van der Waals surface area (Å²) in [5.74, 6) is -1.22. The summed E-state index contributed by atoms with van der Waals surface area (Å²) in [7, 11) is -3.16. The van der Waals surface area contributed by atoms with Crippen molar-refractivity contribution in [3.05, 3.63) is 0 Å². The molecule has 0 aromatic carbocycles. The van der Waals surface area contributed by atoms with Gasteiger partial charge in [-0.25, -0.2) is 13.2 Å². The Bertz CT molecular complexity index is 519. The highest BCUT2D eigenvalue weighted by Gasteiger charge is 2.38. The topological polar surface area (TPSA) is 95.0 Å². The van der Waals surface area contributed by atoms with E-state index in [-0.39, 0.29) is 23.6 Å². The number of amides is 2. The molecule has 0 spiro atoms. The molecule has 0 bridgehead atoms. The molecule has 2 unspecified atom stereocenters. The van der Waals surface area contributed by atoms with Crippen molar-refractivity contribution in [3.8, 4) is 0 Å². The average Bonchev–Trinajstić information content (AvgIpc) is 2.76. The molecule has 2 saturated heterocycles. The normalized spacial score (nSPS) is 28.3. The smallest absolute Gasteiger partial charge is 0.323 e. The third-order valence-corrected chi connectivity index (χ3v) is 6.00. The quantitative estimate of drug-likeness (QED) is 0.820. The molecule has 2 amide bonds. The van der Waals surface area contributed by atoms with Crippen LogP contribution in [-0.4, -0.2) is 72.0 Å². The molecule has 0 saturated carbocycles. The summed E-state index contributed by atoms with van der Waals surface area (Å²) in [4.78, 5) is 26.6. The molecule has 120 valence electrons. The molecule has 0 radical (unpaired) electrons. The van der Waals surface area contributed by atoms with Crippen LogP contribution in [0.25, 0.3) is 0 Å². The van der Waals surface area contributed by atoms with Gasteiger partial charge in [0.25, 0.3) is 0 Å². The number of carboxylic acids is 1. The Kier molecular flexibility index (Phi) is 4.75. The first-order valence-corrected chi connectivity index (χ1v) is 9.12. The van der Waals surface area contributed by atoms with Gasteiger partial charge in [-0.3, -0.25) is 4.79 Å². The van der Waals surface area contributed by atoms with Gasteiger partial charge in [0.2, 0.25) is 0 Å². The summed E-state index contributed by atoms with van der Waals surface area (Å²) >= 11 is 0. The first-order chi connectivity index (χ1) is 9.80. The molecule has 21 heavy (non-hydrogen) atoms. The lowest BCUT2D eigenvalue weighted by Gasteiger charge is -2.38. The van der Waals surface area contributed by atoms with Gasteiger partial charge in [0.05, 0.1) is 11.5 Å². The number of carbonyl (C=O) groups excluding carboxylic acids is 1. The highest BCUT2D eigenvalue weighted by Crippen LogP contribution is 2.23. The van der Waals surface area contributed by atoms with Gasteiger partial charge in [0, 0.05) is 18.6 Å². The van der Waals surface area contributed by atoms with Crippen LogP contribution in [0.3, 0.4) is 0 Å². The minimum absolute atomic E-state index is 0.0244. The molecule has 2 aliphatic rings. The molecular formula is C13H22N2O5S. The van der Waals surface area contributed by atoms with E-state index in [0.717, 1.165) is 19.3 Å². The molecule has 2 heterocycles. The summed E-state index contributed by atoms with van der Waals surface area (Å²) in [5, 5.41) is 9.03. The largest absolute Gasteiger partial charge is 0.480 e. The van der Waals surface area contributed by atoms with Gasteiger partial charge in [-0.2, -0.15) is 0 Å². The van der Waals surface area contributed by atoms with Crippen LogP contribution in [0.15, 0.2) is 0 Å². The predicted octanol–water partition coefficient (Wildman–Crippen LogP) is 0.555. The number of hydrogen-bond donors (Lipinski definition) is 1. The first-order valence-electron chi connectivity index (χ1n) is 7.29. The SMILES string of the molecule is CC1CCCCN1C(=O)N(CC(=O)O)C1CCS(=O)(=O)C1. The predicted molar refractivity (Wildman–Crippen MR) is 76.8 cm³/mol. The van der Waals surface area contributed by atoms with Gasteiger partial charge < -0.3 is 14.9 Å². The van der Waals surface area contributed by atoms with Crippen molar-refractivity contribution >= 4 is 21.8 Å². The van der Waals surface area contributed by atoms with Crippen molar-refractivity contribution in [2.75, 3.05) is 24.6 Å². The van der Waals surface area contributed by atoms with E-state index in [2.05, 4.69) is 0 Å². The van der Waals surface area contributed by atoms with Crippen molar-refractivity contribution in [2.45, 2.75) is 44.7 Å². The van der Waals surface area contributed by atoms with Crippen LogP contribution in [0.1, 0.15) is 32.6 Å². The van der Waals surface area contributed by atoms with Crippen LogP contribution >= 0.6 is 0 Å². The van der Waals surface area contributed by atoms with Crippen molar-refractivity contribution < 1.29 is 23.1 Å². The maximum absolute atomic E-state index is 12.6. The zero-order chi connectivity index (χ0) is 15.6. The van der Waals surface area contributed by atoms with Crippen molar-refractivity contribution in [3.63, 3.8) is 0 Å². The number of urea groups is 1. The van der Waals surface area contributed by atoms with E-state index in [1.165, 1.54) is 4.90 Å². The second-order valence-corrected chi connectivity index (χ2v) is 8.13. The number of piperidine rings is 1. The molecule has 0 aromatic rings. The minimum atomic E-state index is -3.16. The maximum Gasteiger partial charge on any atom is 0.323 e. The van der Waals surface area contributed by atoms with E-state index in [4.69, 9.17) is 5.11 Å². The Hall–Kier alpha value is -1.31. The molecule has 8 heteroatoms. The zero-order valence-corrected chi connectivity index (χ0v) is 13.0. The van der Waals surface area contributed by atoms with E-state index < -0.39 is 28.4 Å². The number of aliphatic carboxylic acids is 1. The molecule has 2 fully saturated rings. The van der Waals surface area contributed by atoms with Gasteiger partial charge in [-0.1, -0.05) is 0 Å². The van der Waals surface area contributed by atoms with Crippen LogP contribution in [0, 0.1) is 0 Å². The third-order valence-electron chi connectivity index (χ3n) is 4.25. The Balaban J connectivity index is 2.15. The molecule has 0 aromatic heterocycles. The van der Waals surface area contributed by atoms with E-state index >= 15 is 0 Å². The van der Waals surface area contributed by atoms with Gasteiger partial charge in [0.1, 0.15) is 6.54 Å². The number of carbonyl (C=O) groups is 2. The van der Waals surface area contributed by atoms with E-state index in [1.54, 1.807) is 4.90 Å². The third kappa shape index (κ3) is 3.87. The summed E-state index contributed by atoms with van der Waals surface area (Å²) in [6.45, 7) is 2.11. The highest BCUT2D eigenvalue weighted by atomic mass is 32.2. The summed E-state index contributed by atoms with van der Waals surface area (Å²) in [6, 6.07) is -0.792. The second-order valence-electron chi connectivity index (χ2n) is 5.90. The Morgan fingerprint density at radius 3 is 2.52 bits per heavy atom. The average molecular weight is 318 g/mol. The van der Waals surface area contributed by atoms with Gasteiger partial charge in [-0.15, -0.1) is 0 Å². The molecule has 0 aliphatic carbocycles. The number of carboxylic acid groups (broad SMARTS) is 1. The van der Waals surface area contributed by atoms with Crippen LogP contribution < -0.4 is 0 Å². The Labute approximate surface area is 124 Å². The second kappa shape index (κ2) is 6.21.